The molecule has 104 valence electrons. The fourth-order valence-electron chi connectivity index (χ4n) is 2.42. The third-order valence-electron chi connectivity index (χ3n) is 3.59. The molecule has 0 aromatic heterocycles. The average Bonchev–Trinajstić information content (AvgIpc) is 2.48. The van der Waals surface area contributed by atoms with Crippen LogP contribution >= 0.6 is 0 Å². The van der Waals surface area contributed by atoms with Crippen LogP contribution < -0.4 is 10.1 Å². The molecule has 1 heterocycles. The molecule has 1 aliphatic rings. The van der Waals surface area contributed by atoms with E-state index < -0.39 is 0 Å². The minimum Gasteiger partial charge on any atom is -0.494 e. The maximum atomic E-state index is 12.4. The van der Waals surface area contributed by atoms with E-state index in [-0.39, 0.29) is 5.91 Å². The Morgan fingerprint density at radius 3 is 2.53 bits per heavy atom. The molecule has 1 fully saturated rings. The van der Waals surface area contributed by atoms with Gasteiger partial charge in [-0.25, -0.2) is 0 Å². The van der Waals surface area contributed by atoms with Crippen molar-refractivity contribution in [3.8, 4) is 5.75 Å². The number of ether oxygens (including phenoxy) is 1. The molecule has 0 radical (unpaired) electrons. The predicted molar refractivity (Wildman–Crippen MR) is 75.6 cm³/mol. The Kier molecular flexibility index (Phi) is 4.80. The standard InChI is InChI=1S/C15H22N2O2/c1-3-19-14-6-4-12(5-7-14)15(18)17(2)13-8-10-16-11-9-13/h4-7,13,16H,3,8-11H2,1-2H3. The molecule has 1 aromatic carbocycles. The largest absolute Gasteiger partial charge is 0.494 e. The molecule has 0 bridgehead atoms. The quantitative estimate of drug-likeness (QED) is 0.901. The van der Waals surface area contributed by atoms with Crippen molar-refractivity contribution in [2.75, 3.05) is 26.7 Å². The predicted octanol–water partition coefficient (Wildman–Crippen LogP) is 1.91. The van der Waals surface area contributed by atoms with Gasteiger partial charge in [0.2, 0.25) is 0 Å². The number of amides is 1. The van der Waals surface area contributed by atoms with Crippen LogP contribution in [0.2, 0.25) is 0 Å². The molecule has 1 aliphatic heterocycles. The SMILES string of the molecule is CCOc1ccc(C(=O)N(C)C2CCNCC2)cc1. The van der Waals surface area contributed by atoms with Crippen molar-refractivity contribution in [3.05, 3.63) is 29.8 Å². The molecule has 4 nitrogen and oxygen atoms in total. The number of carbonyl (C=O) groups is 1. The first-order chi connectivity index (χ1) is 9.22. The van der Waals surface area contributed by atoms with Crippen molar-refractivity contribution in [2.24, 2.45) is 0 Å². The molecule has 0 unspecified atom stereocenters. The molecule has 1 N–H and O–H groups in total. The second-order valence-corrected chi connectivity index (χ2v) is 4.85. The Morgan fingerprint density at radius 2 is 1.95 bits per heavy atom. The highest BCUT2D eigenvalue weighted by molar-refractivity contribution is 5.94. The van der Waals surface area contributed by atoms with Gasteiger partial charge >= 0.3 is 0 Å². The highest BCUT2D eigenvalue weighted by Gasteiger charge is 2.22. The van der Waals surface area contributed by atoms with Crippen molar-refractivity contribution in [3.63, 3.8) is 0 Å². The van der Waals surface area contributed by atoms with Crippen LogP contribution in [0.1, 0.15) is 30.1 Å². The highest BCUT2D eigenvalue weighted by Crippen LogP contribution is 2.16. The number of carbonyl (C=O) groups excluding carboxylic acids is 1. The fraction of sp³-hybridized carbons (Fsp3) is 0.533. The maximum absolute atomic E-state index is 12.4. The Balaban J connectivity index is 2.01. The van der Waals surface area contributed by atoms with E-state index in [4.69, 9.17) is 4.74 Å². The first kappa shape index (κ1) is 13.9. The molecule has 1 saturated heterocycles. The fourth-order valence-corrected chi connectivity index (χ4v) is 2.42. The molecule has 0 spiro atoms. The van der Waals surface area contributed by atoms with Gasteiger partial charge in [0.15, 0.2) is 0 Å². The summed E-state index contributed by atoms with van der Waals surface area (Å²) < 4.78 is 5.38. The first-order valence-corrected chi connectivity index (χ1v) is 6.93. The number of nitrogens with one attached hydrogen (secondary N) is 1. The van der Waals surface area contributed by atoms with Crippen molar-refractivity contribution in [2.45, 2.75) is 25.8 Å². The number of hydrogen-bond acceptors (Lipinski definition) is 3. The molecule has 1 amide bonds. The average molecular weight is 262 g/mol. The van der Waals surface area contributed by atoms with Gasteiger partial charge in [-0.1, -0.05) is 0 Å². The minimum absolute atomic E-state index is 0.0925. The van der Waals surface area contributed by atoms with Crippen molar-refractivity contribution >= 4 is 5.91 Å². The van der Waals surface area contributed by atoms with E-state index in [9.17, 15) is 4.79 Å². The van der Waals surface area contributed by atoms with E-state index in [0.29, 0.717) is 12.6 Å². The van der Waals surface area contributed by atoms with Gasteiger partial charge in [0.05, 0.1) is 6.61 Å². The first-order valence-electron chi connectivity index (χ1n) is 6.93. The van der Waals surface area contributed by atoms with Crippen molar-refractivity contribution in [1.82, 2.24) is 10.2 Å². The van der Waals surface area contributed by atoms with Gasteiger partial charge in [-0.2, -0.15) is 0 Å². The molecule has 0 saturated carbocycles. The number of benzene rings is 1. The zero-order valence-electron chi connectivity index (χ0n) is 11.7. The van der Waals surface area contributed by atoms with E-state index in [1.807, 2.05) is 43.1 Å². The van der Waals surface area contributed by atoms with Crippen molar-refractivity contribution < 1.29 is 9.53 Å². The summed E-state index contributed by atoms with van der Waals surface area (Å²) in [5, 5.41) is 3.32. The Hall–Kier alpha value is -1.55. The monoisotopic (exact) mass is 262 g/mol. The zero-order valence-corrected chi connectivity index (χ0v) is 11.7. The molecule has 0 atom stereocenters. The number of piperidine rings is 1. The smallest absolute Gasteiger partial charge is 0.253 e. The van der Waals surface area contributed by atoms with Gasteiger partial charge in [0, 0.05) is 18.7 Å². The molecular weight excluding hydrogens is 240 g/mol. The molecule has 19 heavy (non-hydrogen) atoms. The molecule has 1 aromatic rings. The summed E-state index contributed by atoms with van der Waals surface area (Å²) in [7, 11) is 1.90. The van der Waals surface area contributed by atoms with Gasteiger partial charge in [0.1, 0.15) is 5.75 Å². The summed E-state index contributed by atoms with van der Waals surface area (Å²) >= 11 is 0. The van der Waals surface area contributed by atoms with Gasteiger partial charge < -0.3 is 15.0 Å². The summed E-state index contributed by atoms with van der Waals surface area (Å²) in [4.78, 5) is 14.2. The maximum Gasteiger partial charge on any atom is 0.253 e. The topological polar surface area (TPSA) is 41.6 Å². The lowest BCUT2D eigenvalue weighted by Gasteiger charge is -2.31. The Bertz CT molecular complexity index is 411. The molecule has 2 rings (SSSR count). The highest BCUT2D eigenvalue weighted by atomic mass is 16.5. The summed E-state index contributed by atoms with van der Waals surface area (Å²) in [6.45, 7) is 4.57. The minimum atomic E-state index is 0.0925. The van der Waals surface area contributed by atoms with Crippen LogP contribution in [0, 0.1) is 0 Å². The lowest BCUT2D eigenvalue weighted by Crippen LogP contribution is -2.43. The summed E-state index contributed by atoms with van der Waals surface area (Å²) in [6, 6.07) is 7.73. The van der Waals surface area contributed by atoms with E-state index >= 15 is 0 Å². The zero-order chi connectivity index (χ0) is 13.7. The van der Waals surface area contributed by atoms with Gasteiger partial charge in [-0.15, -0.1) is 0 Å². The second kappa shape index (κ2) is 6.57. The third kappa shape index (κ3) is 3.47. The van der Waals surface area contributed by atoms with Crippen LogP contribution in [0.3, 0.4) is 0 Å². The normalized spacial score (nSPS) is 16.1. The molecule has 0 aliphatic carbocycles. The van der Waals surface area contributed by atoms with Crippen LogP contribution in [-0.4, -0.2) is 43.6 Å². The van der Waals surface area contributed by atoms with Gasteiger partial charge in [0.25, 0.3) is 5.91 Å². The lowest BCUT2D eigenvalue weighted by atomic mass is 10.0. The molecule has 4 heteroatoms. The van der Waals surface area contributed by atoms with Crippen LogP contribution in [-0.2, 0) is 0 Å². The Labute approximate surface area is 114 Å². The van der Waals surface area contributed by atoms with Gasteiger partial charge in [-0.05, 0) is 57.1 Å². The number of rotatable bonds is 4. The third-order valence-corrected chi connectivity index (χ3v) is 3.59. The van der Waals surface area contributed by atoms with Crippen LogP contribution in [0.4, 0.5) is 0 Å². The van der Waals surface area contributed by atoms with Crippen molar-refractivity contribution in [1.29, 1.82) is 0 Å². The van der Waals surface area contributed by atoms with Crippen LogP contribution in [0.15, 0.2) is 24.3 Å². The Morgan fingerprint density at radius 1 is 1.32 bits per heavy atom. The number of hydrogen-bond donors (Lipinski definition) is 1. The van der Waals surface area contributed by atoms with Gasteiger partial charge in [-0.3, -0.25) is 4.79 Å². The van der Waals surface area contributed by atoms with E-state index in [1.165, 1.54) is 0 Å². The van der Waals surface area contributed by atoms with E-state index in [2.05, 4.69) is 5.32 Å². The summed E-state index contributed by atoms with van der Waals surface area (Å²) in [5.74, 6) is 0.901. The summed E-state index contributed by atoms with van der Waals surface area (Å²) in [6.07, 6.45) is 2.05. The second-order valence-electron chi connectivity index (χ2n) is 4.85. The number of nitrogens with zero attached hydrogens (tertiary/aromatic N) is 1. The van der Waals surface area contributed by atoms with Crippen LogP contribution in [0.25, 0.3) is 0 Å². The van der Waals surface area contributed by atoms with Crippen LogP contribution in [0.5, 0.6) is 5.75 Å². The summed E-state index contributed by atoms with van der Waals surface area (Å²) in [5.41, 5.74) is 0.726. The van der Waals surface area contributed by atoms with E-state index in [1.54, 1.807) is 0 Å². The lowest BCUT2D eigenvalue weighted by molar-refractivity contribution is 0.0703. The molecular formula is C15H22N2O2. The van der Waals surface area contributed by atoms with E-state index in [0.717, 1.165) is 37.2 Å².